The minimum Gasteiger partial charge on any atom is -0.341 e. The third-order valence-corrected chi connectivity index (χ3v) is 4.04. The molecule has 6 nitrogen and oxygen atoms in total. The number of anilines is 1. The molecule has 0 fully saturated rings. The Labute approximate surface area is 129 Å². The number of amides is 1. The van der Waals surface area contributed by atoms with Gasteiger partial charge in [-0.25, -0.2) is 19.3 Å². The second-order valence-electron chi connectivity index (χ2n) is 4.54. The average Bonchev–Trinajstić information content (AvgIpc) is 2.96. The van der Waals surface area contributed by atoms with Gasteiger partial charge in [0.15, 0.2) is 5.65 Å². The highest BCUT2D eigenvalue weighted by molar-refractivity contribution is 8.00. The number of aromatic amines is 1. The quantitative estimate of drug-likeness (QED) is 0.571. The van der Waals surface area contributed by atoms with E-state index in [1.807, 2.05) is 0 Å². The maximum absolute atomic E-state index is 13.1. The number of nitrogens with one attached hydrogen (secondary N) is 2. The number of nitrogens with zero attached hydrogens (tertiary/aromatic N) is 3. The molecule has 8 heteroatoms. The molecule has 0 aliphatic rings. The van der Waals surface area contributed by atoms with Gasteiger partial charge in [0.25, 0.3) is 0 Å². The number of carbonyl (C=O) groups excluding carboxylic acids is 1. The number of hydrogen-bond acceptors (Lipinski definition) is 5. The summed E-state index contributed by atoms with van der Waals surface area (Å²) in [6.45, 7) is 1.75. The summed E-state index contributed by atoms with van der Waals surface area (Å²) >= 11 is 1.28. The van der Waals surface area contributed by atoms with Crippen LogP contribution >= 0.6 is 11.8 Å². The number of hydrogen-bond donors (Lipinski definition) is 2. The van der Waals surface area contributed by atoms with E-state index < -0.39 is 11.1 Å². The Kier molecular flexibility index (Phi) is 4.01. The van der Waals surface area contributed by atoms with Gasteiger partial charge in [0.1, 0.15) is 22.7 Å². The Morgan fingerprint density at radius 1 is 1.36 bits per heavy atom. The standard InChI is InChI=1S/C14H12FN5OS/c1-8(13(21)20-10-4-2-3-9(15)5-10)22-14-11-12(17-6-16-11)18-7-19-14/h2-8H,1H3,(H,20,21)(H,16,17,18,19). The van der Waals surface area contributed by atoms with Gasteiger partial charge < -0.3 is 10.3 Å². The Hall–Kier alpha value is -2.48. The number of halogens is 1. The van der Waals surface area contributed by atoms with Crippen molar-refractivity contribution in [1.82, 2.24) is 19.9 Å². The summed E-state index contributed by atoms with van der Waals surface area (Å²) < 4.78 is 13.1. The minimum atomic E-state index is -0.412. The van der Waals surface area contributed by atoms with Crippen LogP contribution in [0.15, 0.2) is 41.9 Å². The van der Waals surface area contributed by atoms with Gasteiger partial charge in [0.2, 0.25) is 5.91 Å². The van der Waals surface area contributed by atoms with E-state index in [1.165, 1.54) is 36.5 Å². The van der Waals surface area contributed by atoms with Crippen molar-refractivity contribution < 1.29 is 9.18 Å². The minimum absolute atomic E-state index is 0.234. The van der Waals surface area contributed by atoms with E-state index in [1.54, 1.807) is 19.1 Å². The zero-order valence-corrected chi connectivity index (χ0v) is 12.4. The normalized spacial score (nSPS) is 12.3. The number of imidazole rings is 1. The second-order valence-corrected chi connectivity index (χ2v) is 5.87. The summed E-state index contributed by atoms with van der Waals surface area (Å²) in [6.07, 6.45) is 2.93. The summed E-state index contributed by atoms with van der Waals surface area (Å²) in [6, 6.07) is 5.77. The first-order valence-corrected chi connectivity index (χ1v) is 7.38. The lowest BCUT2D eigenvalue weighted by molar-refractivity contribution is -0.115. The predicted molar refractivity (Wildman–Crippen MR) is 82.0 cm³/mol. The summed E-state index contributed by atoms with van der Waals surface area (Å²) in [7, 11) is 0. The van der Waals surface area contributed by atoms with Crippen LogP contribution in [-0.2, 0) is 4.79 Å². The molecule has 1 atom stereocenters. The van der Waals surface area contributed by atoms with Crippen molar-refractivity contribution in [3.05, 3.63) is 42.7 Å². The molecule has 2 aromatic heterocycles. The van der Waals surface area contributed by atoms with Gasteiger partial charge in [-0.2, -0.15) is 0 Å². The van der Waals surface area contributed by atoms with Crippen LogP contribution in [0.2, 0.25) is 0 Å². The van der Waals surface area contributed by atoms with Crippen molar-refractivity contribution >= 4 is 34.5 Å². The molecule has 3 rings (SSSR count). The van der Waals surface area contributed by atoms with Gasteiger partial charge in [0, 0.05) is 5.69 Å². The molecule has 22 heavy (non-hydrogen) atoms. The molecule has 1 aromatic carbocycles. The van der Waals surface area contributed by atoms with Crippen LogP contribution in [0.4, 0.5) is 10.1 Å². The Morgan fingerprint density at radius 3 is 3.05 bits per heavy atom. The van der Waals surface area contributed by atoms with Crippen LogP contribution in [0, 0.1) is 5.82 Å². The monoisotopic (exact) mass is 317 g/mol. The summed E-state index contributed by atoms with van der Waals surface area (Å²) in [5.74, 6) is -0.630. The van der Waals surface area contributed by atoms with E-state index in [2.05, 4.69) is 25.3 Å². The Bertz CT molecular complexity index is 822. The molecule has 112 valence electrons. The van der Waals surface area contributed by atoms with Crippen molar-refractivity contribution in [3.8, 4) is 0 Å². The maximum atomic E-state index is 13.1. The average molecular weight is 317 g/mol. The van der Waals surface area contributed by atoms with Crippen molar-refractivity contribution in [2.75, 3.05) is 5.32 Å². The number of rotatable bonds is 4. The largest absolute Gasteiger partial charge is 0.341 e. The first kappa shape index (κ1) is 14.5. The Morgan fingerprint density at radius 2 is 2.23 bits per heavy atom. The van der Waals surface area contributed by atoms with Gasteiger partial charge >= 0.3 is 0 Å². The smallest absolute Gasteiger partial charge is 0.237 e. The van der Waals surface area contributed by atoms with Crippen molar-refractivity contribution in [2.45, 2.75) is 17.2 Å². The summed E-state index contributed by atoms with van der Waals surface area (Å²) in [5, 5.41) is 2.91. The molecule has 0 bridgehead atoms. The van der Waals surface area contributed by atoms with Gasteiger partial charge in [-0.15, -0.1) is 0 Å². The highest BCUT2D eigenvalue weighted by Gasteiger charge is 2.18. The van der Waals surface area contributed by atoms with Crippen LogP contribution in [0.5, 0.6) is 0 Å². The van der Waals surface area contributed by atoms with Crippen LogP contribution in [-0.4, -0.2) is 31.1 Å². The van der Waals surface area contributed by atoms with E-state index in [0.29, 0.717) is 21.9 Å². The highest BCUT2D eigenvalue weighted by atomic mass is 32.2. The van der Waals surface area contributed by atoms with Crippen molar-refractivity contribution in [2.24, 2.45) is 0 Å². The van der Waals surface area contributed by atoms with Crippen LogP contribution in [0.1, 0.15) is 6.92 Å². The molecule has 0 aliphatic heterocycles. The number of H-pyrrole nitrogens is 1. The van der Waals surface area contributed by atoms with E-state index >= 15 is 0 Å². The number of fused-ring (bicyclic) bond motifs is 1. The van der Waals surface area contributed by atoms with Gasteiger partial charge in [-0.3, -0.25) is 4.79 Å². The van der Waals surface area contributed by atoms with Crippen LogP contribution < -0.4 is 5.32 Å². The molecule has 1 unspecified atom stereocenters. The predicted octanol–water partition coefficient (Wildman–Crippen LogP) is 2.61. The molecule has 0 saturated carbocycles. The lowest BCUT2D eigenvalue weighted by Gasteiger charge is -2.11. The number of carbonyl (C=O) groups is 1. The lowest BCUT2D eigenvalue weighted by atomic mass is 10.3. The fourth-order valence-corrected chi connectivity index (χ4v) is 2.74. The first-order chi connectivity index (χ1) is 10.6. The summed E-state index contributed by atoms with van der Waals surface area (Å²) in [5.41, 5.74) is 1.67. The van der Waals surface area contributed by atoms with E-state index in [-0.39, 0.29) is 5.91 Å². The lowest BCUT2D eigenvalue weighted by Crippen LogP contribution is -2.22. The van der Waals surface area contributed by atoms with E-state index in [9.17, 15) is 9.18 Å². The zero-order chi connectivity index (χ0) is 15.5. The van der Waals surface area contributed by atoms with Crippen molar-refractivity contribution in [1.29, 1.82) is 0 Å². The van der Waals surface area contributed by atoms with E-state index in [4.69, 9.17) is 0 Å². The third-order valence-electron chi connectivity index (χ3n) is 2.94. The van der Waals surface area contributed by atoms with Crippen molar-refractivity contribution in [3.63, 3.8) is 0 Å². The molecule has 1 amide bonds. The van der Waals surface area contributed by atoms with Crippen LogP contribution in [0.3, 0.4) is 0 Å². The fourth-order valence-electron chi connectivity index (χ4n) is 1.86. The molecular weight excluding hydrogens is 305 g/mol. The topological polar surface area (TPSA) is 83.6 Å². The molecule has 2 N–H and O–H groups in total. The SMILES string of the molecule is CC(Sc1ncnc2nc[nH]c12)C(=O)Nc1cccc(F)c1. The van der Waals surface area contributed by atoms with Gasteiger partial charge in [-0.1, -0.05) is 17.8 Å². The molecular formula is C14H12FN5OS. The number of aromatic nitrogens is 4. The van der Waals surface area contributed by atoms with E-state index in [0.717, 1.165) is 0 Å². The molecule has 3 aromatic rings. The van der Waals surface area contributed by atoms with Gasteiger partial charge in [0.05, 0.1) is 11.6 Å². The fraction of sp³-hybridized carbons (Fsp3) is 0.143. The Balaban J connectivity index is 1.72. The molecule has 0 spiro atoms. The number of benzene rings is 1. The molecule has 0 aliphatic carbocycles. The first-order valence-electron chi connectivity index (χ1n) is 6.50. The molecule has 0 radical (unpaired) electrons. The molecule has 0 saturated heterocycles. The second kappa shape index (κ2) is 6.10. The van der Waals surface area contributed by atoms with Gasteiger partial charge in [-0.05, 0) is 25.1 Å². The number of thioether (sulfide) groups is 1. The highest BCUT2D eigenvalue weighted by Crippen LogP contribution is 2.26. The molecule has 2 heterocycles. The van der Waals surface area contributed by atoms with Crippen LogP contribution in [0.25, 0.3) is 11.2 Å². The maximum Gasteiger partial charge on any atom is 0.237 e. The zero-order valence-electron chi connectivity index (χ0n) is 11.6. The third kappa shape index (κ3) is 3.06. The summed E-state index contributed by atoms with van der Waals surface area (Å²) in [4.78, 5) is 27.4.